The lowest BCUT2D eigenvalue weighted by Gasteiger charge is -2.58. The van der Waals surface area contributed by atoms with E-state index < -0.39 is 35.1 Å². The standard InChI is InChI=1S/C21H21ClN4O4/c22-12-3-1-11(2-4-12)15-13(10-23)17(24)16-18(27)25-19(28)26-21(16)6-5-20(9-14(15)21)29-7-8-30-20/h1-4,14-16H,5-9,24H2,(H2,25,26,27,28)/t14-,15+,16-,21-/m1/s1. The van der Waals surface area contributed by atoms with Crippen molar-refractivity contribution >= 4 is 23.5 Å². The van der Waals surface area contributed by atoms with Crippen molar-refractivity contribution in [3.63, 3.8) is 0 Å². The molecule has 0 bridgehead atoms. The van der Waals surface area contributed by atoms with Gasteiger partial charge in [-0.15, -0.1) is 0 Å². The van der Waals surface area contributed by atoms with Crippen LogP contribution in [0.4, 0.5) is 4.79 Å². The molecule has 9 heteroatoms. The van der Waals surface area contributed by atoms with E-state index in [1.807, 2.05) is 12.1 Å². The highest BCUT2D eigenvalue weighted by molar-refractivity contribution is 6.30. The zero-order chi connectivity index (χ0) is 21.1. The van der Waals surface area contributed by atoms with Gasteiger partial charge in [0.25, 0.3) is 0 Å². The molecule has 4 N–H and O–H groups in total. The first-order valence-electron chi connectivity index (χ1n) is 9.95. The quantitative estimate of drug-likeness (QED) is 0.627. The van der Waals surface area contributed by atoms with Gasteiger partial charge in [-0.2, -0.15) is 5.26 Å². The van der Waals surface area contributed by atoms with Crippen molar-refractivity contribution in [1.82, 2.24) is 10.6 Å². The molecule has 1 aromatic carbocycles. The Kier molecular flexibility index (Phi) is 4.33. The molecule has 0 aromatic heterocycles. The number of imide groups is 1. The van der Waals surface area contributed by atoms with Gasteiger partial charge in [0, 0.05) is 29.5 Å². The van der Waals surface area contributed by atoms with Crippen molar-refractivity contribution in [3.05, 3.63) is 46.1 Å². The predicted octanol–water partition coefficient (Wildman–Crippen LogP) is 1.91. The fraction of sp³-hybridized carbons (Fsp3) is 0.476. The monoisotopic (exact) mass is 428 g/mol. The Bertz CT molecular complexity index is 995. The van der Waals surface area contributed by atoms with Gasteiger partial charge >= 0.3 is 6.03 Å². The number of halogens is 1. The minimum Gasteiger partial charge on any atom is -0.400 e. The number of carbonyl (C=O) groups excluding carboxylic acids is 2. The number of hydrogen-bond donors (Lipinski definition) is 3. The first-order chi connectivity index (χ1) is 14.4. The van der Waals surface area contributed by atoms with Crippen LogP contribution in [0, 0.1) is 23.2 Å². The van der Waals surface area contributed by atoms with Crippen LogP contribution in [0.3, 0.4) is 0 Å². The number of nitriles is 1. The van der Waals surface area contributed by atoms with Crippen LogP contribution in [0.15, 0.2) is 35.5 Å². The molecular weight excluding hydrogens is 408 g/mol. The number of hydrogen-bond acceptors (Lipinski definition) is 6. The number of nitrogens with one attached hydrogen (secondary N) is 2. The highest BCUT2D eigenvalue weighted by atomic mass is 35.5. The minimum absolute atomic E-state index is 0.204. The smallest absolute Gasteiger partial charge is 0.321 e. The van der Waals surface area contributed by atoms with Crippen LogP contribution in [0.1, 0.15) is 30.7 Å². The van der Waals surface area contributed by atoms with Gasteiger partial charge in [0.2, 0.25) is 5.91 Å². The molecule has 2 aliphatic carbocycles. The molecule has 2 heterocycles. The van der Waals surface area contributed by atoms with Crippen LogP contribution in [0.25, 0.3) is 0 Å². The van der Waals surface area contributed by atoms with Gasteiger partial charge < -0.3 is 20.5 Å². The van der Waals surface area contributed by atoms with Gasteiger partial charge in [0.05, 0.1) is 30.4 Å². The molecule has 4 atom stereocenters. The second-order valence-electron chi connectivity index (χ2n) is 8.35. The molecule has 1 saturated carbocycles. The largest absolute Gasteiger partial charge is 0.400 e. The number of nitrogens with zero attached hydrogens (tertiary/aromatic N) is 1. The van der Waals surface area contributed by atoms with Crippen molar-refractivity contribution in [2.75, 3.05) is 13.2 Å². The zero-order valence-corrected chi connectivity index (χ0v) is 16.9. The number of nitrogens with two attached hydrogens (primary N) is 1. The third-order valence-electron chi connectivity index (χ3n) is 6.97. The summed E-state index contributed by atoms with van der Waals surface area (Å²) in [6, 6.07) is 8.92. The Labute approximate surface area is 178 Å². The number of urea groups is 1. The second kappa shape index (κ2) is 6.71. The molecule has 0 unspecified atom stereocenters. The van der Waals surface area contributed by atoms with Crippen LogP contribution in [-0.2, 0) is 14.3 Å². The Morgan fingerprint density at radius 2 is 1.87 bits per heavy atom. The lowest BCUT2D eigenvalue weighted by molar-refractivity contribution is -0.206. The summed E-state index contributed by atoms with van der Waals surface area (Å²) in [6.07, 6.45) is 1.41. The molecule has 30 heavy (non-hydrogen) atoms. The van der Waals surface area contributed by atoms with E-state index in [4.69, 9.17) is 26.8 Å². The maximum absolute atomic E-state index is 12.9. The molecule has 4 aliphatic rings. The number of ether oxygens (including phenoxy) is 2. The molecule has 1 aromatic rings. The van der Waals surface area contributed by atoms with Crippen molar-refractivity contribution in [1.29, 1.82) is 5.26 Å². The van der Waals surface area contributed by atoms with E-state index >= 15 is 0 Å². The topological polar surface area (TPSA) is 126 Å². The first-order valence-corrected chi connectivity index (χ1v) is 10.3. The summed E-state index contributed by atoms with van der Waals surface area (Å²) in [5, 5.41) is 15.9. The third-order valence-corrected chi connectivity index (χ3v) is 7.22. The highest BCUT2D eigenvalue weighted by Crippen LogP contribution is 2.58. The number of rotatable bonds is 1. The summed E-state index contributed by atoms with van der Waals surface area (Å²) in [5.74, 6) is -2.84. The number of allylic oxidation sites excluding steroid dienone is 1. The average molecular weight is 429 g/mol. The Hall–Kier alpha value is -2.60. The molecule has 3 amide bonds. The van der Waals surface area contributed by atoms with E-state index in [0.717, 1.165) is 5.56 Å². The summed E-state index contributed by atoms with van der Waals surface area (Å²) in [4.78, 5) is 25.3. The van der Waals surface area contributed by atoms with Gasteiger partial charge in [-0.1, -0.05) is 23.7 Å². The van der Waals surface area contributed by atoms with E-state index in [1.54, 1.807) is 12.1 Å². The van der Waals surface area contributed by atoms with Crippen molar-refractivity contribution in [2.24, 2.45) is 17.6 Å². The van der Waals surface area contributed by atoms with Crippen LogP contribution >= 0.6 is 11.6 Å². The molecule has 8 nitrogen and oxygen atoms in total. The molecule has 3 fully saturated rings. The fourth-order valence-electron chi connectivity index (χ4n) is 5.78. The summed E-state index contributed by atoms with van der Waals surface area (Å²) < 4.78 is 11.9. The number of carbonyl (C=O) groups is 2. The van der Waals surface area contributed by atoms with Crippen LogP contribution in [0.5, 0.6) is 0 Å². The Morgan fingerprint density at radius 1 is 1.17 bits per heavy atom. The van der Waals surface area contributed by atoms with Gasteiger partial charge in [0.1, 0.15) is 5.92 Å². The van der Waals surface area contributed by atoms with E-state index in [1.165, 1.54) is 0 Å². The average Bonchev–Trinajstić information content (AvgIpc) is 3.16. The lowest BCUT2D eigenvalue weighted by atomic mass is 9.53. The van der Waals surface area contributed by atoms with Gasteiger partial charge in [-0.3, -0.25) is 10.1 Å². The van der Waals surface area contributed by atoms with E-state index in [-0.39, 0.29) is 11.6 Å². The van der Waals surface area contributed by atoms with Crippen molar-refractivity contribution in [2.45, 2.75) is 36.5 Å². The molecule has 156 valence electrons. The molecule has 2 saturated heterocycles. The van der Waals surface area contributed by atoms with Crippen LogP contribution < -0.4 is 16.4 Å². The summed E-state index contributed by atoms with van der Waals surface area (Å²) in [5.41, 5.74) is 6.90. The van der Waals surface area contributed by atoms with Gasteiger partial charge in [-0.25, -0.2) is 4.79 Å². The predicted molar refractivity (Wildman–Crippen MR) is 106 cm³/mol. The SMILES string of the molecule is N#CC1=C(N)[C@@H]2C(=O)NC(=O)N[C@@]23CCC2(C[C@@H]3[C@H]1c1ccc(Cl)cc1)OCCO2. The van der Waals surface area contributed by atoms with Crippen molar-refractivity contribution < 1.29 is 19.1 Å². The Morgan fingerprint density at radius 3 is 2.53 bits per heavy atom. The number of amides is 3. The lowest BCUT2D eigenvalue weighted by Crippen LogP contribution is -2.74. The minimum atomic E-state index is -0.922. The summed E-state index contributed by atoms with van der Waals surface area (Å²) in [6.45, 7) is 0.982. The maximum atomic E-state index is 12.9. The Balaban J connectivity index is 1.72. The van der Waals surface area contributed by atoms with Crippen LogP contribution in [0.2, 0.25) is 5.02 Å². The highest BCUT2D eigenvalue weighted by Gasteiger charge is 2.65. The molecule has 5 rings (SSSR count). The maximum Gasteiger partial charge on any atom is 0.321 e. The first kappa shape index (κ1) is 19.4. The fourth-order valence-corrected chi connectivity index (χ4v) is 5.91. The zero-order valence-electron chi connectivity index (χ0n) is 16.1. The van der Waals surface area contributed by atoms with Crippen molar-refractivity contribution in [3.8, 4) is 6.07 Å². The molecule has 0 radical (unpaired) electrons. The normalized spacial score (nSPS) is 34.6. The van der Waals surface area contributed by atoms with Gasteiger partial charge in [-0.05, 0) is 30.0 Å². The molecular formula is C21H21ClN4O4. The summed E-state index contributed by atoms with van der Waals surface area (Å²) in [7, 11) is 0. The van der Waals surface area contributed by atoms with E-state index in [9.17, 15) is 14.9 Å². The van der Waals surface area contributed by atoms with Gasteiger partial charge in [0.15, 0.2) is 5.79 Å². The summed E-state index contributed by atoms with van der Waals surface area (Å²) >= 11 is 6.08. The molecule has 2 spiro atoms. The van der Waals surface area contributed by atoms with E-state index in [2.05, 4.69) is 16.7 Å². The third kappa shape index (κ3) is 2.66. The molecule has 2 aliphatic heterocycles. The van der Waals surface area contributed by atoms with E-state index in [0.29, 0.717) is 43.1 Å². The number of benzene rings is 1. The van der Waals surface area contributed by atoms with Crippen LogP contribution in [-0.4, -0.2) is 36.5 Å². The second-order valence-corrected chi connectivity index (χ2v) is 8.78.